The third-order valence-electron chi connectivity index (χ3n) is 7.22. The summed E-state index contributed by atoms with van der Waals surface area (Å²) >= 11 is 1.57. The number of morpholine rings is 1. The van der Waals surface area contributed by atoms with Gasteiger partial charge in [-0.05, 0) is 35.7 Å². The number of fused-ring (bicyclic) bond motifs is 6. The van der Waals surface area contributed by atoms with E-state index in [1.807, 2.05) is 30.3 Å². The highest BCUT2D eigenvalue weighted by Crippen LogP contribution is 2.51. The third kappa shape index (κ3) is 3.14. The number of thiophene rings is 1. The van der Waals surface area contributed by atoms with Gasteiger partial charge in [0.1, 0.15) is 36.2 Å². The van der Waals surface area contributed by atoms with Crippen molar-refractivity contribution in [2.45, 2.75) is 43.2 Å². The van der Waals surface area contributed by atoms with Crippen molar-refractivity contribution in [3.05, 3.63) is 54.3 Å². The van der Waals surface area contributed by atoms with Gasteiger partial charge >= 0.3 is 6.09 Å². The van der Waals surface area contributed by atoms with Gasteiger partial charge in [-0.25, -0.2) is 9.18 Å². The number of halogens is 1. The summed E-state index contributed by atoms with van der Waals surface area (Å²) in [6, 6.07) is 15.2. The average molecular weight is 440 g/mol. The van der Waals surface area contributed by atoms with Crippen molar-refractivity contribution in [3.63, 3.8) is 0 Å². The number of ether oxygens (including phenoxy) is 2. The van der Waals surface area contributed by atoms with Crippen LogP contribution in [0.15, 0.2) is 48.5 Å². The van der Waals surface area contributed by atoms with Crippen LogP contribution in [0.1, 0.15) is 12.8 Å². The number of benzene rings is 2. The van der Waals surface area contributed by atoms with E-state index < -0.39 is 6.09 Å². The van der Waals surface area contributed by atoms with Crippen molar-refractivity contribution in [1.82, 2.24) is 0 Å². The first-order valence-electron chi connectivity index (χ1n) is 10.6. The summed E-state index contributed by atoms with van der Waals surface area (Å²) < 4.78 is 27.7. The quantitative estimate of drug-likeness (QED) is 0.461. The minimum atomic E-state index is -0.486. The first kappa shape index (κ1) is 19.2. The number of epoxide rings is 1. The molecule has 3 aliphatic heterocycles. The molecule has 3 aromatic rings. The van der Waals surface area contributed by atoms with Gasteiger partial charge in [-0.1, -0.05) is 18.2 Å². The zero-order valence-corrected chi connectivity index (χ0v) is 18.2. The standard InChI is InChI=1S/C24H23FN2O3S/c1-27(2)18-11-15(12-19(27)23-22(18)30-23)29-24(28)26-17-8-7-14(25)10-16(17)21-9-13-5-3-4-6-20(13)31-21/h3-10,15,18-19,22-23H,11-12H2,1-2H3/p+1/t15?,18-,19+,22+,23-. The number of quaternary nitrogens is 1. The van der Waals surface area contributed by atoms with Crippen molar-refractivity contribution in [3.8, 4) is 10.4 Å². The molecule has 1 amide bonds. The van der Waals surface area contributed by atoms with Gasteiger partial charge in [-0.2, -0.15) is 0 Å². The summed E-state index contributed by atoms with van der Waals surface area (Å²) in [5.74, 6) is -0.338. The second-order valence-corrected chi connectivity index (χ2v) is 10.4. The molecule has 0 saturated carbocycles. The smallest absolute Gasteiger partial charge is 0.411 e. The number of amides is 1. The number of carbonyl (C=O) groups excluding carboxylic acids is 1. The lowest BCUT2D eigenvalue weighted by Crippen LogP contribution is -2.60. The Morgan fingerprint density at radius 1 is 1.13 bits per heavy atom. The Morgan fingerprint density at radius 2 is 1.87 bits per heavy atom. The summed E-state index contributed by atoms with van der Waals surface area (Å²) in [6.07, 6.45) is 1.64. The van der Waals surface area contributed by atoms with E-state index in [1.54, 1.807) is 17.4 Å². The van der Waals surface area contributed by atoms with Gasteiger partial charge in [0.25, 0.3) is 0 Å². The molecule has 5 atom stereocenters. The Labute approximate surface area is 184 Å². The van der Waals surface area contributed by atoms with Crippen molar-refractivity contribution in [2.75, 3.05) is 19.4 Å². The van der Waals surface area contributed by atoms with E-state index in [0.717, 1.165) is 32.3 Å². The number of anilines is 1. The first-order valence-corrected chi connectivity index (χ1v) is 11.5. The summed E-state index contributed by atoms with van der Waals surface area (Å²) in [4.78, 5) is 13.7. The molecule has 2 bridgehead atoms. The molecule has 1 aromatic heterocycles. The van der Waals surface area contributed by atoms with Crippen molar-refractivity contribution in [1.29, 1.82) is 0 Å². The second kappa shape index (κ2) is 6.76. The van der Waals surface area contributed by atoms with Gasteiger partial charge in [0.2, 0.25) is 0 Å². The maximum absolute atomic E-state index is 14.1. The van der Waals surface area contributed by atoms with Crippen LogP contribution in [0.25, 0.3) is 20.5 Å². The van der Waals surface area contributed by atoms with Crippen LogP contribution >= 0.6 is 11.3 Å². The van der Waals surface area contributed by atoms with Gasteiger partial charge in [0.05, 0.1) is 19.8 Å². The number of carbonyl (C=O) groups is 1. The maximum Gasteiger partial charge on any atom is 0.411 e. The van der Waals surface area contributed by atoms with E-state index in [-0.39, 0.29) is 11.9 Å². The van der Waals surface area contributed by atoms with Crippen LogP contribution in [-0.2, 0) is 9.47 Å². The Hall–Kier alpha value is -2.48. The molecule has 6 rings (SSSR count). The molecule has 0 radical (unpaired) electrons. The molecule has 7 heteroatoms. The number of nitrogens with one attached hydrogen (secondary N) is 1. The molecule has 31 heavy (non-hydrogen) atoms. The summed E-state index contributed by atoms with van der Waals surface area (Å²) in [7, 11) is 4.49. The summed E-state index contributed by atoms with van der Waals surface area (Å²) in [5, 5.41) is 3.96. The Bertz CT molecular complexity index is 1140. The highest BCUT2D eigenvalue weighted by atomic mass is 32.1. The van der Waals surface area contributed by atoms with Crippen LogP contribution in [0, 0.1) is 5.82 Å². The van der Waals surface area contributed by atoms with Crippen LogP contribution < -0.4 is 5.32 Å². The van der Waals surface area contributed by atoms with E-state index in [4.69, 9.17) is 9.47 Å². The number of hydrogen-bond donors (Lipinski definition) is 1. The second-order valence-electron chi connectivity index (χ2n) is 9.29. The molecule has 160 valence electrons. The SMILES string of the molecule is C[N+]1(C)[C@@H]2CC(OC(=O)Nc3ccc(F)cc3-c3cc4ccccc4s3)C[C@H]1[C@H]1O[C@H]12. The largest absolute Gasteiger partial charge is 0.445 e. The van der Waals surface area contributed by atoms with Crippen molar-refractivity contribution >= 4 is 33.2 Å². The summed E-state index contributed by atoms with van der Waals surface area (Å²) in [5.41, 5.74) is 1.22. The fourth-order valence-corrected chi connectivity index (χ4v) is 6.63. The molecule has 2 aromatic carbocycles. The first-order chi connectivity index (χ1) is 14.9. The third-order valence-corrected chi connectivity index (χ3v) is 8.37. The number of rotatable bonds is 3. The van der Waals surface area contributed by atoms with E-state index in [9.17, 15) is 9.18 Å². The van der Waals surface area contributed by atoms with Gasteiger partial charge in [0.15, 0.2) is 0 Å². The Kier molecular flexibility index (Phi) is 4.19. The van der Waals surface area contributed by atoms with Crippen LogP contribution in [0.5, 0.6) is 0 Å². The van der Waals surface area contributed by atoms with Crippen LogP contribution in [0.3, 0.4) is 0 Å². The minimum absolute atomic E-state index is 0.120. The van der Waals surface area contributed by atoms with E-state index in [0.29, 0.717) is 35.5 Å². The van der Waals surface area contributed by atoms with Crippen molar-refractivity contribution in [2.24, 2.45) is 0 Å². The highest BCUT2D eigenvalue weighted by Gasteiger charge is 2.70. The lowest BCUT2D eigenvalue weighted by molar-refractivity contribution is -0.938. The predicted octanol–water partition coefficient (Wildman–Crippen LogP) is 5.01. The zero-order chi connectivity index (χ0) is 21.3. The predicted molar refractivity (Wildman–Crippen MR) is 119 cm³/mol. The molecule has 3 saturated heterocycles. The highest BCUT2D eigenvalue weighted by molar-refractivity contribution is 7.22. The van der Waals surface area contributed by atoms with E-state index in [1.165, 1.54) is 12.1 Å². The van der Waals surface area contributed by atoms with Gasteiger partial charge in [0, 0.05) is 28.0 Å². The fourth-order valence-electron chi connectivity index (χ4n) is 5.54. The molecule has 1 unspecified atom stereocenters. The van der Waals surface area contributed by atoms with E-state index in [2.05, 4.69) is 19.4 Å². The van der Waals surface area contributed by atoms with Gasteiger partial charge in [-0.3, -0.25) is 5.32 Å². The lowest BCUT2D eigenvalue weighted by atomic mass is 9.96. The molecule has 5 nitrogen and oxygen atoms in total. The Balaban J connectivity index is 1.21. The van der Waals surface area contributed by atoms with Crippen LogP contribution in [0.2, 0.25) is 0 Å². The maximum atomic E-state index is 14.1. The van der Waals surface area contributed by atoms with E-state index >= 15 is 0 Å². The van der Waals surface area contributed by atoms with Crippen LogP contribution in [-0.4, -0.2) is 55.1 Å². The number of nitrogens with zero attached hydrogens (tertiary/aromatic N) is 1. The average Bonchev–Trinajstić information content (AvgIpc) is 3.36. The molecule has 1 N–H and O–H groups in total. The number of likely N-dealkylation sites (N-methyl/N-ethyl adjacent to an activating group) is 1. The molecular formula is C24H24FN2O3S+. The minimum Gasteiger partial charge on any atom is -0.445 e. The van der Waals surface area contributed by atoms with Gasteiger partial charge in [-0.15, -0.1) is 11.3 Å². The molecule has 3 fully saturated rings. The number of piperidine rings is 1. The van der Waals surface area contributed by atoms with Crippen LogP contribution in [0.4, 0.5) is 14.9 Å². The lowest BCUT2D eigenvalue weighted by Gasteiger charge is -2.45. The molecule has 4 heterocycles. The molecular weight excluding hydrogens is 415 g/mol. The molecule has 0 aliphatic carbocycles. The van der Waals surface area contributed by atoms with Gasteiger partial charge < -0.3 is 14.0 Å². The topological polar surface area (TPSA) is 50.9 Å². The fraction of sp³-hybridized carbons (Fsp3) is 0.375. The van der Waals surface area contributed by atoms with Crippen molar-refractivity contribution < 1.29 is 23.1 Å². The Morgan fingerprint density at radius 3 is 2.61 bits per heavy atom. The monoisotopic (exact) mass is 439 g/mol. The normalized spacial score (nSPS) is 30.1. The summed E-state index contributed by atoms with van der Waals surface area (Å²) in [6.45, 7) is 0. The molecule has 3 aliphatic rings. The number of hydrogen-bond acceptors (Lipinski definition) is 4. The molecule has 0 spiro atoms. The zero-order valence-electron chi connectivity index (χ0n) is 17.4.